The first-order valence-corrected chi connectivity index (χ1v) is 9.13. The van der Waals surface area contributed by atoms with Gasteiger partial charge >= 0.3 is 5.97 Å². The van der Waals surface area contributed by atoms with Crippen molar-refractivity contribution in [1.29, 1.82) is 0 Å². The second-order valence-electron chi connectivity index (χ2n) is 6.25. The molecule has 144 valence electrons. The Morgan fingerprint density at radius 3 is 2.62 bits per heavy atom. The zero-order valence-electron chi connectivity index (χ0n) is 15.3. The fourth-order valence-corrected chi connectivity index (χ4v) is 3.06. The minimum atomic E-state index is -0.643. The zero-order valence-corrected chi connectivity index (χ0v) is 16.1. The number of para-hydroxylation sites is 1. The molecule has 0 atom stereocenters. The molecule has 1 aliphatic rings. The van der Waals surface area contributed by atoms with Crippen molar-refractivity contribution in [2.45, 2.75) is 6.92 Å². The van der Waals surface area contributed by atoms with Crippen molar-refractivity contribution in [2.75, 3.05) is 5.01 Å². The van der Waals surface area contributed by atoms with E-state index in [0.29, 0.717) is 22.5 Å². The van der Waals surface area contributed by atoms with Gasteiger partial charge < -0.3 is 9.15 Å². The number of anilines is 1. The molecule has 0 unspecified atom stereocenters. The first kappa shape index (κ1) is 18.7. The van der Waals surface area contributed by atoms with Crippen molar-refractivity contribution < 1.29 is 18.7 Å². The van der Waals surface area contributed by atoms with Crippen LogP contribution in [0.5, 0.6) is 5.75 Å². The molecule has 1 amide bonds. The van der Waals surface area contributed by atoms with Gasteiger partial charge in [0, 0.05) is 0 Å². The number of ether oxygens (including phenoxy) is 1. The van der Waals surface area contributed by atoms with Gasteiger partial charge in [-0.15, -0.1) is 0 Å². The Hall–Kier alpha value is -3.64. The summed E-state index contributed by atoms with van der Waals surface area (Å²) in [7, 11) is 0. The molecule has 0 saturated carbocycles. The highest BCUT2D eigenvalue weighted by Gasteiger charge is 2.28. The summed E-state index contributed by atoms with van der Waals surface area (Å²) in [5.74, 6) is -0.588. The molecule has 2 aromatic carbocycles. The van der Waals surface area contributed by atoms with Crippen molar-refractivity contribution in [3.8, 4) is 5.75 Å². The van der Waals surface area contributed by atoms with Crippen LogP contribution in [-0.2, 0) is 4.79 Å². The maximum atomic E-state index is 12.8. The summed E-state index contributed by atoms with van der Waals surface area (Å²) in [5.41, 5.74) is 2.44. The normalized spacial score (nSPS) is 15.0. The highest BCUT2D eigenvalue weighted by molar-refractivity contribution is 6.33. The Kier molecular flexibility index (Phi) is 5.01. The molecule has 3 aromatic rings. The van der Waals surface area contributed by atoms with Crippen LogP contribution in [0.4, 0.5) is 5.69 Å². The lowest BCUT2D eigenvalue weighted by atomic mass is 10.1. The number of carbonyl (C=O) groups excluding carboxylic acids is 2. The average Bonchev–Trinajstić information content (AvgIpc) is 3.35. The number of furan rings is 1. The molecule has 1 aliphatic heterocycles. The predicted molar refractivity (Wildman–Crippen MR) is 110 cm³/mol. The summed E-state index contributed by atoms with van der Waals surface area (Å²) < 4.78 is 10.3. The summed E-state index contributed by atoms with van der Waals surface area (Å²) in [4.78, 5) is 24.8. The summed E-state index contributed by atoms with van der Waals surface area (Å²) >= 11 is 6.25. The van der Waals surface area contributed by atoms with Gasteiger partial charge in [-0.3, -0.25) is 4.79 Å². The second kappa shape index (κ2) is 7.77. The molecule has 0 fully saturated rings. The number of rotatable bonds is 4. The Balaban J connectivity index is 1.55. The predicted octanol–water partition coefficient (Wildman–Crippen LogP) is 4.96. The Morgan fingerprint density at radius 1 is 1.14 bits per heavy atom. The Labute approximate surface area is 171 Å². The van der Waals surface area contributed by atoms with Crippen molar-refractivity contribution in [2.24, 2.45) is 5.10 Å². The third kappa shape index (κ3) is 3.83. The summed E-state index contributed by atoms with van der Waals surface area (Å²) in [6.07, 6.45) is 3.09. The van der Waals surface area contributed by atoms with Gasteiger partial charge in [-0.05, 0) is 55.0 Å². The third-order valence-electron chi connectivity index (χ3n) is 4.26. The molecule has 1 aromatic heterocycles. The van der Waals surface area contributed by atoms with Gasteiger partial charge in [0.15, 0.2) is 0 Å². The van der Waals surface area contributed by atoms with Crippen molar-refractivity contribution >= 4 is 41.0 Å². The van der Waals surface area contributed by atoms with Gasteiger partial charge in [-0.2, -0.15) is 10.1 Å². The summed E-state index contributed by atoms with van der Waals surface area (Å²) in [6.45, 7) is 1.77. The standard InChI is InChI=1S/C22H15ClN2O4/c1-14-17(21(26)25(24-14)16-6-3-2-4-7-16)12-15-9-10-19(18(23)13-15)29-22(27)20-8-5-11-28-20/h2-13H,1H3. The van der Waals surface area contributed by atoms with Crippen LogP contribution < -0.4 is 9.75 Å². The van der Waals surface area contributed by atoms with Crippen LogP contribution in [0, 0.1) is 0 Å². The van der Waals surface area contributed by atoms with Crippen LogP contribution in [0.15, 0.2) is 82.0 Å². The molecule has 4 rings (SSSR count). The van der Waals surface area contributed by atoms with Gasteiger partial charge in [-0.25, -0.2) is 4.79 Å². The SMILES string of the molecule is CC1=NN(c2ccccc2)C(=O)C1=Cc1ccc(OC(=O)c2ccco2)c(Cl)c1. The van der Waals surface area contributed by atoms with Gasteiger partial charge in [0.25, 0.3) is 5.91 Å². The molecule has 0 saturated heterocycles. The van der Waals surface area contributed by atoms with Crippen LogP contribution in [-0.4, -0.2) is 17.6 Å². The molecule has 6 nitrogen and oxygen atoms in total. The molecular weight excluding hydrogens is 392 g/mol. The van der Waals surface area contributed by atoms with Crippen molar-refractivity contribution in [1.82, 2.24) is 0 Å². The lowest BCUT2D eigenvalue weighted by Gasteiger charge is -2.11. The zero-order chi connectivity index (χ0) is 20.4. The topological polar surface area (TPSA) is 72.1 Å². The van der Waals surface area contributed by atoms with Crippen LogP contribution in [0.3, 0.4) is 0 Å². The number of hydrazone groups is 1. The van der Waals surface area contributed by atoms with Crippen LogP contribution >= 0.6 is 11.6 Å². The van der Waals surface area contributed by atoms with Crippen LogP contribution in [0.25, 0.3) is 6.08 Å². The molecule has 0 radical (unpaired) electrons. The van der Waals surface area contributed by atoms with Crippen LogP contribution in [0.1, 0.15) is 23.0 Å². The van der Waals surface area contributed by atoms with E-state index in [-0.39, 0.29) is 22.4 Å². The maximum absolute atomic E-state index is 12.8. The largest absolute Gasteiger partial charge is 0.457 e. The number of hydrogen-bond donors (Lipinski definition) is 0. The van der Waals surface area contributed by atoms with E-state index in [1.807, 2.05) is 30.3 Å². The quantitative estimate of drug-likeness (QED) is 0.349. The van der Waals surface area contributed by atoms with Crippen molar-refractivity contribution in [3.63, 3.8) is 0 Å². The monoisotopic (exact) mass is 406 g/mol. The molecule has 0 aliphatic carbocycles. The van der Waals surface area contributed by atoms with E-state index in [2.05, 4.69) is 5.10 Å². The fourth-order valence-electron chi connectivity index (χ4n) is 2.83. The molecule has 29 heavy (non-hydrogen) atoms. The highest BCUT2D eigenvalue weighted by atomic mass is 35.5. The summed E-state index contributed by atoms with van der Waals surface area (Å²) in [5, 5.41) is 5.94. The van der Waals surface area contributed by atoms with Gasteiger partial charge in [-0.1, -0.05) is 35.9 Å². The number of esters is 1. The van der Waals surface area contributed by atoms with E-state index in [4.69, 9.17) is 20.8 Å². The van der Waals surface area contributed by atoms with E-state index in [1.165, 1.54) is 17.3 Å². The Bertz CT molecular complexity index is 1130. The molecule has 0 spiro atoms. The number of hydrogen-bond acceptors (Lipinski definition) is 5. The molecule has 7 heteroatoms. The average molecular weight is 407 g/mol. The second-order valence-corrected chi connectivity index (χ2v) is 6.66. The first-order valence-electron chi connectivity index (χ1n) is 8.75. The van der Waals surface area contributed by atoms with E-state index < -0.39 is 5.97 Å². The fraction of sp³-hybridized carbons (Fsp3) is 0.0455. The maximum Gasteiger partial charge on any atom is 0.379 e. The van der Waals surface area contributed by atoms with Gasteiger partial charge in [0.05, 0.1) is 28.3 Å². The minimum Gasteiger partial charge on any atom is -0.457 e. The number of nitrogens with zero attached hydrogens (tertiary/aromatic N) is 2. The van der Waals surface area contributed by atoms with Crippen LogP contribution in [0.2, 0.25) is 5.02 Å². The van der Waals surface area contributed by atoms with E-state index in [9.17, 15) is 9.59 Å². The number of halogens is 1. The molecule has 0 N–H and O–H groups in total. The molecule has 2 heterocycles. The summed E-state index contributed by atoms with van der Waals surface area (Å²) in [6, 6.07) is 17.2. The van der Waals surface area contributed by atoms with E-state index in [1.54, 1.807) is 37.3 Å². The van der Waals surface area contributed by atoms with Crippen molar-refractivity contribution in [3.05, 3.63) is 88.8 Å². The minimum absolute atomic E-state index is 0.0802. The number of amides is 1. The molecular formula is C22H15ClN2O4. The first-order chi connectivity index (χ1) is 14.0. The van der Waals surface area contributed by atoms with Gasteiger partial charge in [0.2, 0.25) is 5.76 Å². The lowest BCUT2D eigenvalue weighted by molar-refractivity contribution is -0.114. The van der Waals surface area contributed by atoms with E-state index >= 15 is 0 Å². The highest BCUT2D eigenvalue weighted by Crippen LogP contribution is 2.29. The number of carbonyl (C=O) groups is 2. The van der Waals surface area contributed by atoms with Gasteiger partial charge in [0.1, 0.15) is 5.75 Å². The smallest absolute Gasteiger partial charge is 0.379 e. The third-order valence-corrected chi connectivity index (χ3v) is 4.55. The van der Waals surface area contributed by atoms with E-state index in [0.717, 1.165) is 0 Å². The Morgan fingerprint density at radius 2 is 1.93 bits per heavy atom. The number of benzene rings is 2. The lowest BCUT2D eigenvalue weighted by Crippen LogP contribution is -2.21. The molecule has 0 bridgehead atoms.